The highest BCUT2D eigenvalue weighted by Crippen LogP contribution is 2.32. The summed E-state index contributed by atoms with van der Waals surface area (Å²) < 4.78 is 34.7. The molecule has 0 aliphatic carbocycles. The molecule has 2 heterocycles. The smallest absolute Gasteiger partial charge is 0.414 e. The zero-order valence-corrected chi connectivity index (χ0v) is 17.7. The number of rotatable bonds is 6. The Balaban J connectivity index is 1.70. The summed E-state index contributed by atoms with van der Waals surface area (Å²) >= 11 is 5.44. The van der Waals surface area contributed by atoms with Gasteiger partial charge in [-0.2, -0.15) is 11.8 Å². The molecule has 2 fully saturated rings. The van der Waals surface area contributed by atoms with Crippen molar-refractivity contribution in [3.8, 4) is 0 Å². The van der Waals surface area contributed by atoms with E-state index in [1.807, 2.05) is 0 Å². The normalized spacial score (nSPS) is 19.9. The molecular weight excluding hydrogens is 424 g/mol. The van der Waals surface area contributed by atoms with E-state index in [1.165, 1.54) is 0 Å². The molecule has 2 aliphatic rings. The van der Waals surface area contributed by atoms with Crippen molar-refractivity contribution >= 4 is 47.1 Å². The van der Waals surface area contributed by atoms with Gasteiger partial charge in [0.15, 0.2) is 11.6 Å². The second-order valence-corrected chi connectivity index (χ2v) is 8.21. The molecule has 3 rings (SSSR count). The molecule has 0 saturated carbocycles. The number of benzene rings is 1. The van der Waals surface area contributed by atoms with Crippen molar-refractivity contribution in [3.05, 3.63) is 23.8 Å². The number of hydrogen-bond donors (Lipinski definition) is 1. The van der Waals surface area contributed by atoms with Gasteiger partial charge in [-0.15, -0.1) is 0 Å². The highest BCUT2D eigenvalue weighted by atomic mass is 32.2. The Labute approximate surface area is 177 Å². The van der Waals surface area contributed by atoms with Gasteiger partial charge in [-0.05, 0) is 19.1 Å². The minimum Gasteiger partial charge on any atom is -0.441 e. The van der Waals surface area contributed by atoms with E-state index in [0.717, 1.165) is 40.0 Å². The Bertz CT molecular complexity index is 740. The number of carbonyl (C=O) groups is 2. The first kappa shape index (κ1) is 22.0. The van der Waals surface area contributed by atoms with Crippen LogP contribution in [-0.2, 0) is 9.57 Å². The number of nitrogens with zero attached hydrogens (tertiary/aromatic N) is 3. The van der Waals surface area contributed by atoms with Gasteiger partial charge in [-0.3, -0.25) is 14.5 Å². The third-order valence-electron chi connectivity index (χ3n) is 4.64. The summed E-state index contributed by atoms with van der Waals surface area (Å²) in [6.45, 7) is 3.12. The van der Waals surface area contributed by atoms with Crippen LogP contribution in [0.25, 0.3) is 0 Å². The Morgan fingerprint density at radius 1 is 1.34 bits per heavy atom. The maximum atomic E-state index is 14.7. The number of amides is 2. The molecule has 160 valence electrons. The van der Waals surface area contributed by atoms with Crippen molar-refractivity contribution in [2.24, 2.45) is 0 Å². The first-order valence-corrected chi connectivity index (χ1v) is 10.9. The number of anilines is 2. The van der Waals surface area contributed by atoms with Gasteiger partial charge in [-0.25, -0.2) is 18.6 Å². The van der Waals surface area contributed by atoms with Gasteiger partial charge in [-0.1, -0.05) is 12.6 Å². The molecule has 0 N–H and O–H groups in total. The van der Waals surface area contributed by atoms with E-state index in [0.29, 0.717) is 13.1 Å². The van der Waals surface area contributed by atoms with Crippen molar-refractivity contribution in [1.29, 1.82) is 0 Å². The minimum atomic E-state index is -0.725. The lowest BCUT2D eigenvalue weighted by Crippen LogP contribution is -2.32. The number of hydroxylamine groups is 2. The topological polar surface area (TPSA) is 62.3 Å². The summed E-state index contributed by atoms with van der Waals surface area (Å²) in [5.41, 5.74) is 0.0210. The summed E-state index contributed by atoms with van der Waals surface area (Å²) in [6, 6.07) is 2.30. The monoisotopic (exact) mass is 447 g/mol. The van der Waals surface area contributed by atoms with E-state index >= 15 is 0 Å². The van der Waals surface area contributed by atoms with Gasteiger partial charge >= 0.3 is 11.3 Å². The molecule has 1 atom stereocenters. The molecule has 0 unspecified atom stereocenters. The quantitative estimate of drug-likeness (QED) is 0.532. The van der Waals surface area contributed by atoms with Crippen molar-refractivity contribution in [1.82, 2.24) is 5.06 Å². The third-order valence-corrected chi connectivity index (χ3v) is 5.91. The van der Waals surface area contributed by atoms with Crippen LogP contribution < -0.4 is 9.80 Å². The molecule has 2 saturated heterocycles. The van der Waals surface area contributed by atoms with Crippen LogP contribution in [0.1, 0.15) is 13.3 Å². The molecule has 1 aromatic carbocycles. The van der Waals surface area contributed by atoms with E-state index in [4.69, 9.17) is 9.57 Å². The number of cyclic esters (lactones) is 1. The summed E-state index contributed by atoms with van der Waals surface area (Å²) in [4.78, 5) is 31.6. The van der Waals surface area contributed by atoms with Crippen LogP contribution in [0.3, 0.4) is 0 Å². The zero-order valence-electron chi connectivity index (χ0n) is 16.0. The molecule has 1 aromatic rings. The van der Waals surface area contributed by atoms with Crippen LogP contribution in [0, 0.1) is 11.6 Å². The zero-order chi connectivity index (χ0) is 21.0. The van der Waals surface area contributed by atoms with Crippen LogP contribution in [0.4, 0.5) is 29.7 Å². The molecule has 2 amide bonds. The fourth-order valence-electron chi connectivity index (χ4n) is 3.25. The molecule has 2 aliphatic heterocycles. The minimum absolute atomic E-state index is 0.0513. The SMILES string of the molecule is CCN(OC[C@@H]1CN(c2cc(F)c(N3CCCSCC3)c(F)c2)C(=O)O1)C(=O)S. The van der Waals surface area contributed by atoms with Crippen molar-refractivity contribution in [2.45, 2.75) is 19.4 Å². The summed E-state index contributed by atoms with van der Waals surface area (Å²) in [6.07, 6.45) is -0.552. The third kappa shape index (κ3) is 5.26. The molecule has 0 radical (unpaired) electrons. The Morgan fingerprint density at radius 3 is 2.72 bits per heavy atom. The maximum Gasteiger partial charge on any atom is 0.414 e. The highest BCUT2D eigenvalue weighted by Gasteiger charge is 2.34. The van der Waals surface area contributed by atoms with Crippen LogP contribution in [0.15, 0.2) is 12.1 Å². The van der Waals surface area contributed by atoms with Crippen LogP contribution >= 0.6 is 24.4 Å². The number of thiol groups is 1. The average molecular weight is 448 g/mol. The molecule has 0 spiro atoms. The van der Waals surface area contributed by atoms with E-state index < -0.39 is 29.1 Å². The lowest BCUT2D eigenvalue weighted by Gasteiger charge is -2.24. The number of carbonyl (C=O) groups excluding carboxylic acids is 2. The lowest BCUT2D eigenvalue weighted by atomic mass is 10.2. The van der Waals surface area contributed by atoms with E-state index in [2.05, 4.69) is 12.6 Å². The molecule has 7 nitrogen and oxygen atoms in total. The first-order chi connectivity index (χ1) is 13.9. The fraction of sp³-hybridized carbons (Fsp3) is 0.556. The second-order valence-electron chi connectivity index (χ2n) is 6.60. The first-order valence-electron chi connectivity index (χ1n) is 9.34. The fourth-order valence-corrected chi connectivity index (χ4v) is 4.34. The van der Waals surface area contributed by atoms with Gasteiger partial charge in [0.25, 0.3) is 0 Å². The van der Waals surface area contributed by atoms with Gasteiger partial charge in [0.05, 0.1) is 12.2 Å². The summed E-state index contributed by atoms with van der Waals surface area (Å²) in [5.74, 6) is 0.355. The van der Waals surface area contributed by atoms with Crippen molar-refractivity contribution < 1.29 is 27.9 Å². The van der Waals surface area contributed by atoms with E-state index in [9.17, 15) is 18.4 Å². The van der Waals surface area contributed by atoms with Gasteiger partial charge < -0.3 is 9.64 Å². The molecule has 0 aromatic heterocycles. The molecule has 11 heteroatoms. The second kappa shape index (κ2) is 9.86. The molecule has 0 bridgehead atoms. The van der Waals surface area contributed by atoms with Gasteiger partial charge in [0.1, 0.15) is 18.4 Å². The summed E-state index contributed by atoms with van der Waals surface area (Å²) in [5, 5.41) is 0.452. The Morgan fingerprint density at radius 2 is 2.07 bits per heavy atom. The van der Waals surface area contributed by atoms with Crippen molar-refractivity contribution in [3.63, 3.8) is 0 Å². The molecular formula is C18H23F2N3O4S2. The standard InChI is InChI=1S/C18H23F2N3O4S2/c1-2-23(18(25)28)26-11-13-10-22(17(24)27-13)12-8-14(19)16(15(20)9-12)21-4-3-6-29-7-5-21/h8-9,13H,2-7,10-11H2,1H3,(H,25,28)/t13-/m0/s1. The molecule has 29 heavy (non-hydrogen) atoms. The average Bonchev–Trinajstić information content (AvgIpc) is 2.86. The van der Waals surface area contributed by atoms with Crippen LogP contribution in [-0.4, -0.2) is 66.8 Å². The number of thioether (sulfide) groups is 1. The number of halogens is 2. The van der Waals surface area contributed by atoms with Crippen molar-refractivity contribution in [2.75, 3.05) is 54.1 Å². The van der Waals surface area contributed by atoms with Crippen LogP contribution in [0.2, 0.25) is 0 Å². The largest absolute Gasteiger partial charge is 0.441 e. The summed E-state index contributed by atoms with van der Waals surface area (Å²) in [7, 11) is 0. The lowest BCUT2D eigenvalue weighted by molar-refractivity contribution is -0.126. The maximum absolute atomic E-state index is 14.7. The van der Waals surface area contributed by atoms with E-state index in [-0.39, 0.29) is 31.1 Å². The van der Waals surface area contributed by atoms with Crippen LogP contribution in [0.5, 0.6) is 0 Å². The number of hydrogen-bond acceptors (Lipinski definition) is 6. The van der Waals surface area contributed by atoms with Gasteiger partial charge in [0.2, 0.25) is 0 Å². The Kier molecular flexibility index (Phi) is 7.47. The van der Waals surface area contributed by atoms with Gasteiger partial charge in [0, 0.05) is 37.5 Å². The number of ether oxygens (including phenoxy) is 1. The Hall–Kier alpha value is -1.72. The predicted octanol–water partition coefficient (Wildman–Crippen LogP) is 3.54. The highest BCUT2D eigenvalue weighted by molar-refractivity contribution is 7.99. The van der Waals surface area contributed by atoms with E-state index in [1.54, 1.807) is 23.6 Å². The predicted molar refractivity (Wildman–Crippen MR) is 111 cm³/mol.